The van der Waals surface area contributed by atoms with Crippen LogP contribution in [0.4, 0.5) is 4.39 Å². The predicted octanol–water partition coefficient (Wildman–Crippen LogP) is 3.37. The number of nitrogens with zero attached hydrogens (tertiary/aromatic N) is 3. The highest BCUT2D eigenvalue weighted by molar-refractivity contribution is 5.80. The van der Waals surface area contributed by atoms with Crippen LogP contribution in [0.15, 0.2) is 36.5 Å². The summed E-state index contributed by atoms with van der Waals surface area (Å²) in [4.78, 5) is 17.8. The molecule has 1 amide bonds. The molecule has 3 heterocycles. The Bertz CT molecular complexity index is 833. The van der Waals surface area contributed by atoms with E-state index in [0.717, 1.165) is 63.1 Å². The number of H-pyrrole nitrogens is 1. The monoisotopic (exact) mass is 382 g/mol. The summed E-state index contributed by atoms with van der Waals surface area (Å²) in [6, 6.07) is 8.86. The molecule has 28 heavy (non-hydrogen) atoms. The van der Waals surface area contributed by atoms with E-state index in [1.54, 1.807) is 18.3 Å². The number of aromatic amines is 1. The van der Waals surface area contributed by atoms with E-state index in [0.29, 0.717) is 17.7 Å². The Balaban J connectivity index is 1.40. The van der Waals surface area contributed by atoms with Gasteiger partial charge in [-0.2, -0.15) is 5.10 Å². The zero-order valence-corrected chi connectivity index (χ0v) is 16.1. The standard InChI is InChI=1S/C22H27FN4O/c23-18-7-3-6-16(10-18)21-20-14-26(13-19-8-9-24-25-19)11-17(20)12-27(21)22(28)15-4-1-2-5-15/h3,6-10,15,17,20-21H,1-2,4-5,11-14H2,(H,24,25)/t17-,20-,21+/m0/s1. The van der Waals surface area contributed by atoms with Gasteiger partial charge in [-0.05, 0) is 42.5 Å². The maximum atomic E-state index is 14.0. The Morgan fingerprint density at radius 1 is 1.18 bits per heavy atom. The number of nitrogens with one attached hydrogen (secondary N) is 1. The van der Waals surface area contributed by atoms with Crippen molar-refractivity contribution >= 4 is 5.91 Å². The number of hydrogen-bond donors (Lipinski definition) is 1. The summed E-state index contributed by atoms with van der Waals surface area (Å²) in [5.41, 5.74) is 2.06. The molecular weight excluding hydrogens is 355 g/mol. The number of hydrogen-bond acceptors (Lipinski definition) is 3. The minimum atomic E-state index is -0.221. The molecule has 148 valence electrons. The van der Waals surface area contributed by atoms with Gasteiger partial charge in [0, 0.05) is 49.9 Å². The van der Waals surface area contributed by atoms with E-state index in [2.05, 4.69) is 20.0 Å². The predicted molar refractivity (Wildman–Crippen MR) is 104 cm³/mol. The number of fused-ring (bicyclic) bond motifs is 1. The lowest BCUT2D eigenvalue weighted by Gasteiger charge is -2.31. The van der Waals surface area contributed by atoms with Crippen molar-refractivity contribution in [2.24, 2.45) is 17.8 Å². The topological polar surface area (TPSA) is 52.2 Å². The van der Waals surface area contributed by atoms with Gasteiger partial charge in [0.2, 0.25) is 5.91 Å². The van der Waals surface area contributed by atoms with Crippen LogP contribution in [0.25, 0.3) is 0 Å². The third kappa shape index (κ3) is 3.24. The third-order valence-corrected chi connectivity index (χ3v) is 6.87. The SMILES string of the molecule is O=C(C1CCCC1)N1C[C@@H]2CN(Cc3ccn[nH]3)C[C@@H]2[C@H]1c1cccc(F)c1. The molecule has 1 aromatic carbocycles. The normalized spacial score (nSPS) is 28.2. The van der Waals surface area contributed by atoms with Crippen molar-refractivity contribution in [3.8, 4) is 0 Å². The van der Waals surface area contributed by atoms with Crippen LogP contribution in [-0.2, 0) is 11.3 Å². The van der Waals surface area contributed by atoms with Gasteiger partial charge in [-0.15, -0.1) is 0 Å². The van der Waals surface area contributed by atoms with Crippen LogP contribution in [0.2, 0.25) is 0 Å². The highest BCUT2D eigenvalue weighted by Crippen LogP contribution is 2.46. The molecule has 1 saturated carbocycles. The summed E-state index contributed by atoms with van der Waals surface area (Å²) < 4.78 is 14.0. The second kappa shape index (κ2) is 7.32. The number of carbonyl (C=O) groups is 1. The van der Waals surface area contributed by atoms with Crippen LogP contribution < -0.4 is 0 Å². The molecule has 0 radical (unpaired) electrons. The Kier molecular flexibility index (Phi) is 4.67. The lowest BCUT2D eigenvalue weighted by Crippen LogP contribution is -2.38. The van der Waals surface area contributed by atoms with Crippen LogP contribution in [-0.4, -0.2) is 45.5 Å². The molecule has 2 aliphatic heterocycles. The van der Waals surface area contributed by atoms with E-state index in [-0.39, 0.29) is 17.8 Å². The molecular formula is C22H27FN4O. The molecule has 5 rings (SSSR count). The lowest BCUT2D eigenvalue weighted by molar-refractivity contribution is -0.137. The van der Waals surface area contributed by atoms with Gasteiger partial charge in [0.05, 0.1) is 6.04 Å². The van der Waals surface area contributed by atoms with Crippen molar-refractivity contribution in [1.82, 2.24) is 20.0 Å². The average molecular weight is 382 g/mol. The fourth-order valence-corrected chi connectivity index (χ4v) is 5.63. The summed E-state index contributed by atoms with van der Waals surface area (Å²) in [6.45, 7) is 3.55. The van der Waals surface area contributed by atoms with Crippen molar-refractivity contribution in [1.29, 1.82) is 0 Å². The first-order chi connectivity index (χ1) is 13.7. The smallest absolute Gasteiger partial charge is 0.226 e. The van der Waals surface area contributed by atoms with Crippen LogP contribution >= 0.6 is 0 Å². The van der Waals surface area contributed by atoms with Gasteiger partial charge < -0.3 is 4.90 Å². The van der Waals surface area contributed by atoms with Crippen molar-refractivity contribution in [2.45, 2.75) is 38.3 Å². The Hall–Kier alpha value is -2.21. The first-order valence-electron chi connectivity index (χ1n) is 10.5. The van der Waals surface area contributed by atoms with Gasteiger partial charge in [-0.3, -0.25) is 14.8 Å². The number of benzene rings is 1. The minimum Gasteiger partial charge on any atom is -0.335 e. The lowest BCUT2D eigenvalue weighted by atomic mass is 9.89. The molecule has 0 spiro atoms. The van der Waals surface area contributed by atoms with E-state index in [9.17, 15) is 9.18 Å². The molecule has 6 heteroatoms. The fraction of sp³-hybridized carbons (Fsp3) is 0.545. The quantitative estimate of drug-likeness (QED) is 0.882. The zero-order valence-electron chi connectivity index (χ0n) is 16.1. The number of halogens is 1. The van der Waals surface area contributed by atoms with Crippen LogP contribution in [0.3, 0.4) is 0 Å². The molecule has 1 aromatic heterocycles. The molecule has 2 saturated heterocycles. The van der Waals surface area contributed by atoms with E-state index >= 15 is 0 Å². The van der Waals surface area contributed by atoms with Crippen molar-refractivity contribution in [3.05, 3.63) is 53.6 Å². The van der Waals surface area contributed by atoms with E-state index in [4.69, 9.17) is 0 Å². The first kappa shape index (κ1) is 17.9. The molecule has 3 aliphatic rings. The Morgan fingerprint density at radius 2 is 2.04 bits per heavy atom. The first-order valence-corrected chi connectivity index (χ1v) is 10.5. The third-order valence-electron chi connectivity index (χ3n) is 6.87. The van der Waals surface area contributed by atoms with Crippen LogP contribution in [0.5, 0.6) is 0 Å². The largest absolute Gasteiger partial charge is 0.335 e. The van der Waals surface area contributed by atoms with Gasteiger partial charge in [0.1, 0.15) is 5.82 Å². The van der Waals surface area contributed by atoms with Crippen LogP contribution in [0, 0.1) is 23.6 Å². The Morgan fingerprint density at radius 3 is 2.79 bits per heavy atom. The molecule has 3 atom stereocenters. The number of rotatable bonds is 4. The van der Waals surface area contributed by atoms with Gasteiger partial charge >= 0.3 is 0 Å². The molecule has 5 nitrogen and oxygen atoms in total. The number of aromatic nitrogens is 2. The highest BCUT2D eigenvalue weighted by Gasteiger charge is 2.50. The van der Waals surface area contributed by atoms with E-state index < -0.39 is 0 Å². The van der Waals surface area contributed by atoms with E-state index in [1.807, 2.05) is 12.1 Å². The highest BCUT2D eigenvalue weighted by atomic mass is 19.1. The average Bonchev–Trinajstić information content (AvgIpc) is 3.46. The summed E-state index contributed by atoms with van der Waals surface area (Å²) >= 11 is 0. The van der Waals surface area contributed by atoms with E-state index in [1.165, 1.54) is 6.07 Å². The van der Waals surface area contributed by atoms with Gasteiger partial charge in [-0.25, -0.2) is 4.39 Å². The van der Waals surface area contributed by atoms with Crippen molar-refractivity contribution < 1.29 is 9.18 Å². The number of likely N-dealkylation sites (tertiary alicyclic amines) is 2. The molecule has 0 unspecified atom stereocenters. The minimum absolute atomic E-state index is 0.0134. The number of amides is 1. The maximum Gasteiger partial charge on any atom is 0.226 e. The maximum absolute atomic E-state index is 14.0. The fourth-order valence-electron chi connectivity index (χ4n) is 5.63. The van der Waals surface area contributed by atoms with Crippen molar-refractivity contribution in [2.75, 3.05) is 19.6 Å². The second-order valence-electron chi connectivity index (χ2n) is 8.67. The summed E-state index contributed by atoms with van der Waals surface area (Å²) in [5, 5.41) is 7.08. The molecule has 1 N–H and O–H groups in total. The zero-order chi connectivity index (χ0) is 19.1. The Labute approximate surface area is 164 Å². The molecule has 0 bridgehead atoms. The van der Waals surface area contributed by atoms with Crippen molar-refractivity contribution in [3.63, 3.8) is 0 Å². The van der Waals surface area contributed by atoms with Gasteiger partial charge in [-0.1, -0.05) is 25.0 Å². The summed E-state index contributed by atoms with van der Waals surface area (Å²) in [6.07, 6.45) is 6.10. The van der Waals surface area contributed by atoms with Gasteiger partial charge in [0.15, 0.2) is 0 Å². The summed E-state index contributed by atoms with van der Waals surface area (Å²) in [7, 11) is 0. The molecule has 2 aromatic rings. The molecule has 1 aliphatic carbocycles. The van der Waals surface area contributed by atoms with Crippen LogP contribution in [0.1, 0.15) is 43.0 Å². The second-order valence-corrected chi connectivity index (χ2v) is 8.67. The van der Waals surface area contributed by atoms with Gasteiger partial charge in [0.25, 0.3) is 0 Å². The number of carbonyl (C=O) groups excluding carboxylic acids is 1. The molecule has 3 fully saturated rings. The summed E-state index contributed by atoms with van der Waals surface area (Å²) in [5.74, 6) is 1.04.